The van der Waals surface area contributed by atoms with Crippen molar-refractivity contribution in [2.45, 2.75) is 51.7 Å². The summed E-state index contributed by atoms with van der Waals surface area (Å²) in [4.78, 5) is 2.73. The van der Waals surface area contributed by atoms with E-state index in [1.807, 2.05) is 0 Å². The van der Waals surface area contributed by atoms with Crippen LogP contribution in [-0.2, 0) is 19.5 Å². The first-order chi connectivity index (χ1) is 12.7. The maximum absolute atomic E-state index is 3.63. The topological polar surface area (TPSA) is 8.17 Å². The summed E-state index contributed by atoms with van der Waals surface area (Å²) in [5.41, 5.74) is 7.48. The summed E-state index contributed by atoms with van der Waals surface area (Å²) in [5, 5.41) is 1.51. The number of benzene rings is 2. The molecule has 3 heteroatoms. The van der Waals surface area contributed by atoms with Crippen LogP contribution in [0.25, 0.3) is 10.9 Å². The molecule has 2 nitrogen and oxygen atoms in total. The molecule has 2 aromatic carbocycles. The quantitative estimate of drug-likeness (QED) is 0.504. The van der Waals surface area contributed by atoms with Gasteiger partial charge in [-0.15, -0.1) is 0 Å². The number of rotatable bonds is 2. The van der Waals surface area contributed by atoms with E-state index in [4.69, 9.17) is 0 Å². The van der Waals surface area contributed by atoms with Gasteiger partial charge in [-0.3, -0.25) is 4.90 Å². The molecule has 26 heavy (non-hydrogen) atoms. The summed E-state index contributed by atoms with van der Waals surface area (Å²) in [6, 6.07) is 16.4. The third kappa shape index (κ3) is 2.73. The number of aryl methyl sites for hydroxylation is 3. The molecule has 2 aliphatic rings. The van der Waals surface area contributed by atoms with Crippen LogP contribution in [0.2, 0.25) is 0 Å². The molecule has 1 aliphatic heterocycles. The zero-order valence-electron chi connectivity index (χ0n) is 15.3. The Morgan fingerprint density at radius 1 is 1.08 bits per heavy atom. The van der Waals surface area contributed by atoms with Crippen molar-refractivity contribution in [3.05, 3.63) is 69.3 Å². The van der Waals surface area contributed by atoms with E-state index in [1.165, 1.54) is 58.7 Å². The average molecular weight is 409 g/mol. The third-order valence-electron chi connectivity index (χ3n) is 6.13. The zero-order chi connectivity index (χ0) is 17.7. The van der Waals surface area contributed by atoms with E-state index in [0.717, 1.165) is 13.1 Å². The highest BCUT2D eigenvalue weighted by atomic mass is 79.9. The minimum atomic E-state index is 0.563. The van der Waals surface area contributed by atoms with Crippen LogP contribution < -0.4 is 0 Å². The maximum Gasteiger partial charge on any atom is 0.0507 e. The van der Waals surface area contributed by atoms with Crippen molar-refractivity contribution < 1.29 is 0 Å². The van der Waals surface area contributed by atoms with E-state index in [1.54, 1.807) is 11.3 Å². The number of nitrogens with zero attached hydrogens (tertiary/aromatic N) is 2. The Kier molecular flexibility index (Phi) is 4.17. The van der Waals surface area contributed by atoms with Crippen molar-refractivity contribution in [1.82, 2.24) is 9.47 Å². The van der Waals surface area contributed by atoms with Gasteiger partial charge in [-0.05, 0) is 68.0 Å². The molecule has 0 saturated heterocycles. The molecule has 3 aromatic rings. The molecule has 134 valence electrons. The van der Waals surface area contributed by atoms with Crippen LogP contribution in [0.3, 0.4) is 0 Å². The van der Waals surface area contributed by atoms with Gasteiger partial charge in [0, 0.05) is 40.7 Å². The second-order valence-electron chi connectivity index (χ2n) is 7.90. The second-order valence-corrected chi connectivity index (χ2v) is 8.81. The minimum absolute atomic E-state index is 0.563. The van der Waals surface area contributed by atoms with E-state index in [0.29, 0.717) is 6.04 Å². The lowest BCUT2D eigenvalue weighted by atomic mass is 9.90. The lowest BCUT2D eigenvalue weighted by Crippen LogP contribution is -2.31. The van der Waals surface area contributed by atoms with Gasteiger partial charge in [0.05, 0.1) is 6.04 Å². The summed E-state index contributed by atoms with van der Waals surface area (Å²) in [6.07, 6.45) is 5.06. The highest BCUT2D eigenvalue weighted by Crippen LogP contribution is 2.42. The summed E-state index contributed by atoms with van der Waals surface area (Å²) in [5.74, 6) is 0. The maximum atomic E-state index is 3.63. The Bertz CT molecular complexity index is 968. The van der Waals surface area contributed by atoms with Gasteiger partial charge in [-0.25, -0.2) is 0 Å². The van der Waals surface area contributed by atoms with Gasteiger partial charge >= 0.3 is 0 Å². The molecule has 0 unspecified atom stereocenters. The lowest BCUT2D eigenvalue weighted by molar-refractivity contribution is 0.173. The molecule has 0 saturated carbocycles. The van der Waals surface area contributed by atoms with Gasteiger partial charge in [-0.2, -0.15) is 0 Å². The molecule has 2 heterocycles. The van der Waals surface area contributed by atoms with Crippen molar-refractivity contribution in [3.63, 3.8) is 0 Å². The van der Waals surface area contributed by atoms with E-state index in [2.05, 4.69) is 74.8 Å². The van der Waals surface area contributed by atoms with Crippen LogP contribution in [0.5, 0.6) is 0 Å². The van der Waals surface area contributed by atoms with Crippen LogP contribution in [0, 0.1) is 6.92 Å². The fourth-order valence-corrected chi connectivity index (χ4v) is 5.50. The average Bonchev–Trinajstić information content (AvgIpc) is 2.82. The molecule has 5 rings (SSSR count). The Morgan fingerprint density at radius 2 is 2.00 bits per heavy atom. The fourth-order valence-electron chi connectivity index (χ4n) is 5.05. The number of aromatic nitrogens is 1. The van der Waals surface area contributed by atoms with Crippen molar-refractivity contribution in [1.29, 1.82) is 0 Å². The van der Waals surface area contributed by atoms with Crippen LogP contribution in [-0.4, -0.2) is 16.0 Å². The first kappa shape index (κ1) is 16.6. The normalized spacial score (nSPS) is 20.2. The monoisotopic (exact) mass is 408 g/mol. The summed E-state index contributed by atoms with van der Waals surface area (Å²) in [7, 11) is 0. The van der Waals surface area contributed by atoms with Crippen molar-refractivity contribution >= 4 is 26.8 Å². The molecule has 0 radical (unpaired) electrons. The van der Waals surface area contributed by atoms with Gasteiger partial charge in [0.25, 0.3) is 0 Å². The van der Waals surface area contributed by atoms with Gasteiger partial charge < -0.3 is 4.57 Å². The number of hydrogen-bond acceptors (Lipinski definition) is 1. The van der Waals surface area contributed by atoms with Crippen LogP contribution in [0.4, 0.5) is 0 Å². The highest BCUT2D eigenvalue weighted by Gasteiger charge is 2.33. The molecule has 0 spiro atoms. The second kappa shape index (κ2) is 6.54. The molecule has 0 amide bonds. The Labute approximate surface area is 163 Å². The van der Waals surface area contributed by atoms with Gasteiger partial charge in [-0.1, -0.05) is 39.7 Å². The first-order valence-corrected chi connectivity index (χ1v) is 10.6. The molecule has 1 atom stereocenters. The fraction of sp³-hybridized carbons (Fsp3) is 0.391. The highest BCUT2D eigenvalue weighted by molar-refractivity contribution is 9.10. The zero-order valence-corrected chi connectivity index (χ0v) is 16.9. The number of halogens is 1. The smallest absolute Gasteiger partial charge is 0.0507 e. The molecule has 1 aromatic heterocycles. The van der Waals surface area contributed by atoms with Gasteiger partial charge in [0.15, 0.2) is 0 Å². The van der Waals surface area contributed by atoms with Crippen molar-refractivity contribution in [2.75, 3.05) is 6.54 Å². The Morgan fingerprint density at radius 3 is 2.88 bits per heavy atom. The third-order valence-corrected chi connectivity index (χ3v) is 6.62. The molecular formula is C23H25BrN2. The summed E-state index contributed by atoms with van der Waals surface area (Å²) >= 11 is 3.63. The standard InChI is InChI=1S/C23H25BrN2/c1-16-9-10-21-20(13-16)19-7-3-8-22-23(19)26(21)12-4-11-25(22)15-17-5-2-6-18(24)14-17/h2,5-6,9-10,13-14,22H,3-4,7-8,11-12,15H2,1H3/t22-/m0/s1. The summed E-state index contributed by atoms with van der Waals surface area (Å²) < 4.78 is 3.83. The van der Waals surface area contributed by atoms with E-state index in [9.17, 15) is 0 Å². The SMILES string of the molecule is Cc1ccc2c(c1)c1c3n2CCCN(Cc2cccc(Br)c2)[C@H]3CCC1. The number of fused-ring (bicyclic) bond motifs is 3. The number of hydrogen-bond donors (Lipinski definition) is 0. The summed E-state index contributed by atoms with van der Waals surface area (Å²) in [6.45, 7) is 5.60. The Hall–Kier alpha value is -1.58. The molecule has 0 bridgehead atoms. The predicted octanol–water partition coefficient (Wildman–Crippen LogP) is 6.00. The largest absolute Gasteiger partial charge is 0.343 e. The first-order valence-electron chi connectivity index (χ1n) is 9.81. The van der Waals surface area contributed by atoms with Crippen molar-refractivity contribution in [3.8, 4) is 0 Å². The van der Waals surface area contributed by atoms with Gasteiger partial charge in [0.2, 0.25) is 0 Å². The molecule has 1 aliphatic carbocycles. The van der Waals surface area contributed by atoms with Gasteiger partial charge in [0.1, 0.15) is 0 Å². The van der Waals surface area contributed by atoms with Crippen LogP contribution in [0.1, 0.15) is 47.7 Å². The Balaban J connectivity index is 1.60. The van der Waals surface area contributed by atoms with Crippen LogP contribution >= 0.6 is 15.9 Å². The van der Waals surface area contributed by atoms with E-state index in [-0.39, 0.29) is 0 Å². The van der Waals surface area contributed by atoms with Crippen molar-refractivity contribution in [2.24, 2.45) is 0 Å². The predicted molar refractivity (Wildman–Crippen MR) is 112 cm³/mol. The van der Waals surface area contributed by atoms with E-state index >= 15 is 0 Å². The molecule has 0 fully saturated rings. The molecule has 0 N–H and O–H groups in total. The minimum Gasteiger partial charge on any atom is -0.343 e. The lowest BCUT2D eigenvalue weighted by Gasteiger charge is -2.33. The molecular weight excluding hydrogens is 384 g/mol. The van der Waals surface area contributed by atoms with Crippen LogP contribution in [0.15, 0.2) is 46.9 Å². The van der Waals surface area contributed by atoms with E-state index < -0.39 is 0 Å².